The van der Waals surface area contributed by atoms with E-state index in [1.165, 1.54) is 7.11 Å². The second kappa shape index (κ2) is 7.38. The van der Waals surface area contributed by atoms with Crippen LogP contribution in [0.1, 0.15) is 19.4 Å². The average Bonchev–Trinajstić information content (AvgIpc) is 2.66. The van der Waals surface area contributed by atoms with E-state index in [1.807, 2.05) is 6.07 Å². The lowest BCUT2D eigenvalue weighted by Crippen LogP contribution is -2.38. The fourth-order valence-corrected chi connectivity index (χ4v) is 3.05. The minimum atomic E-state index is -1.01. The van der Waals surface area contributed by atoms with E-state index in [0.717, 1.165) is 5.39 Å². The number of hydrogen-bond acceptors (Lipinski definition) is 6. The number of halogens is 1. The summed E-state index contributed by atoms with van der Waals surface area (Å²) in [6, 6.07) is 10.3. The molecule has 7 nitrogen and oxygen atoms in total. The second-order valence-electron chi connectivity index (χ2n) is 6.34. The molecular formula is C19H18ClN3O4. The van der Waals surface area contributed by atoms with Crippen molar-refractivity contribution < 1.29 is 19.5 Å². The smallest absolute Gasteiger partial charge is 0.253 e. The van der Waals surface area contributed by atoms with Crippen molar-refractivity contribution in [2.24, 2.45) is 0 Å². The number of aromatic nitrogens is 2. The van der Waals surface area contributed by atoms with E-state index in [0.29, 0.717) is 33.6 Å². The van der Waals surface area contributed by atoms with E-state index in [1.54, 1.807) is 55.9 Å². The molecule has 1 amide bonds. The number of carbonyl (C=O) groups excluding carboxylic acids is 1. The largest absolute Gasteiger partial charge is 0.481 e. The molecule has 0 saturated carbocycles. The van der Waals surface area contributed by atoms with Crippen LogP contribution < -0.4 is 15.0 Å². The topological polar surface area (TPSA) is 93.6 Å². The number of fused-ring (bicyclic) bond motifs is 1. The van der Waals surface area contributed by atoms with E-state index in [4.69, 9.17) is 26.3 Å². The molecule has 0 spiro atoms. The third kappa shape index (κ3) is 3.65. The summed E-state index contributed by atoms with van der Waals surface area (Å²) in [5, 5.41) is 9.99. The maximum absolute atomic E-state index is 11.9. The number of hydroxylamine groups is 1. The zero-order valence-corrected chi connectivity index (χ0v) is 15.7. The van der Waals surface area contributed by atoms with Crippen molar-refractivity contribution in [2.45, 2.75) is 19.3 Å². The van der Waals surface area contributed by atoms with Gasteiger partial charge in [0.1, 0.15) is 11.5 Å². The highest BCUT2D eigenvalue weighted by atomic mass is 35.5. The maximum Gasteiger partial charge on any atom is 0.253 e. The van der Waals surface area contributed by atoms with Gasteiger partial charge in [0.05, 0.1) is 17.9 Å². The maximum atomic E-state index is 11.9. The van der Waals surface area contributed by atoms with E-state index in [2.05, 4.69) is 9.97 Å². The molecule has 27 heavy (non-hydrogen) atoms. The third-order valence-electron chi connectivity index (χ3n) is 4.26. The van der Waals surface area contributed by atoms with Gasteiger partial charge in [-0.05, 0) is 43.7 Å². The van der Waals surface area contributed by atoms with E-state index >= 15 is 0 Å². The normalized spacial score (nSPS) is 11.3. The SMILES string of the molecule is COc1ccc2c(Oc3ccc(C(C)(C)C(=O)NO)c(Cl)c3)ccnc2n1. The summed E-state index contributed by atoms with van der Waals surface area (Å²) in [6.45, 7) is 3.32. The highest BCUT2D eigenvalue weighted by molar-refractivity contribution is 6.32. The van der Waals surface area contributed by atoms with Gasteiger partial charge in [-0.25, -0.2) is 10.5 Å². The Kier molecular flexibility index (Phi) is 5.16. The average molecular weight is 388 g/mol. The van der Waals surface area contributed by atoms with Crippen molar-refractivity contribution in [3.8, 4) is 17.4 Å². The van der Waals surface area contributed by atoms with Crippen molar-refractivity contribution in [1.29, 1.82) is 0 Å². The molecule has 0 fully saturated rings. The van der Waals surface area contributed by atoms with Crippen LogP contribution in [0.25, 0.3) is 11.0 Å². The Morgan fingerprint density at radius 2 is 2.00 bits per heavy atom. The van der Waals surface area contributed by atoms with Crippen LogP contribution in [0.3, 0.4) is 0 Å². The summed E-state index contributed by atoms with van der Waals surface area (Å²) >= 11 is 6.36. The Morgan fingerprint density at radius 1 is 1.22 bits per heavy atom. The number of methoxy groups -OCH3 is 1. The highest BCUT2D eigenvalue weighted by Crippen LogP contribution is 2.35. The Labute approximate surface area is 160 Å². The first-order valence-electron chi connectivity index (χ1n) is 8.09. The summed E-state index contributed by atoms with van der Waals surface area (Å²) in [4.78, 5) is 20.4. The van der Waals surface area contributed by atoms with Gasteiger partial charge in [-0.15, -0.1) is 0 Å². The van der Waals surface area contributed by atoms with Gasteiger partial charge in [-0.2, -0.15) is 4.98 Å². The van der Waals surface area contributed by atoms with Crippen molar-refractivity contribution in [3.05, 3.63) is 53.2 Å². The molecule has 0 aliphatic heterocycles. The van der Waals surface area contributed by atoms with E-state index < -0.39 is 11.3 Å². The molecular weight excluding hydrogens is 370 g/mol. The minimum absolute atomic E-state index is 0.347. The Bertz CT molecular complexity index is 1010. The van der Waals surface area contributed by atoms with Crippen LogP contribution in [0.5, 0.6) is 17.4 Å². The van der Waals surface area contributed by atoms with Gasteiger partial charge in [-0.3, -0.25) is 10.0 Å². The number of hydrogen-bond donors (Lipinski definition) is 2. The van der Waals surface area contributed by atoms with Crippen LogP contribution in [-0.2, 0) is 10.2 Å². The first kappa shape index (κ1) is 18.9. The van der Waals surface area contributed by atoms with Crippen LogP contribution in [-0.4, -0.2) is 28.2 Å². The van der Waals surface area contributed by atoms with Crippen molar-refractivity contribution in [3.63, 3.8) is 0 Å². The molecule has 0 atom stereocenters. The summed E-state index contributed by atoms with van der Waals surface area (Å²) < 4.78 is 11.1. The molecule has 2 aromatic heterocycles. The fourth-order valence-electron chi connectivity index (χ4n) is 2.65. The number of benzene rings is 1. The third-order valence-corrected chi connectivity index (χ3v) is 4.57. The summed E-state index contributed by atoms with van der Waals surface area (Å²) in [7, 11) is 1.54. The lowest BCUT2D eigenvalue weighted by Gasteiger charge is -2.24. The zero-order valence-electron chi connectivity index (χ0n) is 15.0. The number of ether oxygens (including phenoxy) is 2. The van der Waals surface area contributed by atoms with Gasteiger partial charge >= 0.3 is 0 Å². The molecule has 2 N–H and O–H groups in total. The molecule has 1 aromatic carbocycles. The fraction of sp³-hybridized carbons (Fsp3) is 0.211. The van der Waals surface area contributed by atoms with Gasteiger partial charge in [0.25, 0.3) is 5.91 Å². The number of rotatable bonds is 5. The molecule has 0 saturated heterocycles. The van der Waals surface area contributed by atoms with Crippen molar-refractivity contribution >= 4 is 28.5 Å². The lowest BCUT2D eigenvalue weighted by atomic mass is 9.84. The highest BCUT2D eigenvalue weighted by Gasteiger charge is 2.31. The summed E-state index contributed by atoms with van der Waals surface area (Å²) in [5.74, 6) is 0.959. The lowest BCUT2D eigenvalue weighted by molar-refractivity contribution is -0.134. The molecule has 8 heteroatoms. The van der Waals surface area contributed by atoms with Gasteiger partial charge in [0, 0.05) is 17.3 Å². The molecule has 2 heterocycles. The first-order chi connectivity index (χ1) is 12.9. The Morgan fingerprint density at radius 3 is 2.67 bits per heavy atom. The molecule has 0 aliphatic carbocycles. The monoisotopic (exact) mass is 387 g/mol. The molecule has 0 bridgehead atoms. The number of nitrogens with zero attached hydrogens (tertiary/aromatic N) is 2. The van der Waals surface area contributed by atoms with Gasteiger partial charge in [-0.1, -0.05) is 17.7 Å². The predicted molar refractivity (Wildman–Crippen MR) is 101 cm³/mol. The number of nitrogens with one attached hydrogen (secondary N) is 1. The Hall–Kier alpha value is -2.90. The standard InChI is InChI=1S/C19H18ClN3O4/c1-19(2,18(24)23-25)13-6-4-11(10-14(13)20)27-15-8-9-21-17-12(15)5-7-16(22-17)26-3/h4-10,25H,1-3H3,(H,23,24). The quantitative estimate of drug-likeness (QED) is 0.510. The zero-order chi connectivity index (χ0) is 19.6. The van der Waals surface area contributed by atoms with E-state index in [-0.39, 0.29) is 0 Å². The second-order valence-corrected chi connectivity index (χ2v) is 6.75. The number of carbonyl (C=O) groups is 1. The van der Waals surface area contributed by atoms with Gasteiger partial charge < -0.3 is 9.47 Å². The molecule has 140 valence electrons. The molecule has 3 aromatic rings. The van der Waals surface area contributed by atoms with Crippen LogP contribution in [0.15, 0.2) is 42.6 Å². The van der Waals surface area contributed by atoms with Crippen LogP contribution in [0, 0.1) is 0 Å². The van der Waals surface area contributed by atoms with Gasteiger partial charge in [0.15, 0.2) is 5.65 Å². The number of pyridine rings is 2. The first-order valence-corrected chi connectivity index (χ1v) is 8.47. The molecule has 3 rings (SSSR count). The Balaban J connectivity index is 1.94. The van der Waals surface area contributed by atoms with Gasteiger partial charge in [0.2, 0.25) is 5.88 Å². The minimum Gasteiger partial charge on any atom is -0.481 e. The predicted octanol–water partition coefficient (Wildman–Crippen LogP) is 3.87. The summed E-state index contributed by atoms with van der Waals surface area (Å²) in [6.07, 6.45) is 1.59. The van der Waals surface area contributed by atoms with Crippen LogP contribution >= 0.6 is 11.6 Å². The van der Waals surface area contributed by atoms with E-state index in [9.17, 15) is 4.79 Å². The summed E-state index contributed by atoms with van der Waals surface area (Å²) in [5.41, 5.74) is 1.72. The van der Waals surface area contributed by atoms with Crippen molar-refractivity contribution in [2.75, 3.05) is 7.11 Å². The van der Waals surface area contributed by atoms with Crippen LogP contribution in [0.2, 0.25) is 5.02 Å². The molecule has 0 radical (unpaired) electrons. The molecule has 0 aliphatic rings. The van der Waals surface area contributed by atoms with Crippen LogP contribution in [0.4, 0.5) is 0 Å². The molecule has 0 unspecified atom stereocenters. The number of amides is 1. The van der Waals surface area contributed by atoms with Crippen molar-refractivity contribution in [1.82, 2.24) is 15.4 Å².